The molecular formula is C15H10N4S. The minimum atomic E-state index is 0.567. The second-order valence-electron chi connectivity index (χ2n) is 4.04. The molecule has 2 aromatic carbocycles. The van der Waals surface area contributed by atoms with E-state index in [1.807, 2.05) is 71.4 Å². The lowest BCUT2D eigenvalue weighted by atomic mass is 10.2. The van der Waals surface area contributed by atoms with E-state index in [0.29, 0.717) is 4.80 Å². The van der Waals surface area contributed by atoms with Gasteiger partial charge in [0.1, 0.15) is 0 Å². The zero-order chi connectivity index (χ0) is 13.8. The summed E-state index contributed by atoms with van der Waals surface area (Å²) in [5.74, 6) is 0.788. The van der Waals surface area contributed by atoms with Gasteiger partial charge in [0, 0.05) is 17.1 Å². The molecule has 0 spiro atoms. The zero-order valence-electron chi connectivity index (χ0n) is 10.5. The maximum atomic E-state index is 8.82. The molecule has 3 aromatic rings. The molecule has 0 aliphatic carbocycles. The van der Waals surface area contributed by atoms with Gasteiger partial charge >= 0.3 is 0 Å². The summed E-state index contributed by atoms with van der Waals surface area (Å²) < 4.78 is 6.33. The summed E-state index contributed by atoms with van der Waals surface area (Å²) in [4.78, 5) is 4.42. The first-order chi connectivity index (χ1) is 9.90. The van der Waals surface area contributed by atoms with Gasteiger partial charge in [0.15, 0.2) is 5.82 Å². The summed E-state index contributed by atoms with van der Waals surface area (Å²) in [6, 6.07) is 19.7. The van der Waals surface area contributed by atoms with E-state index in [2.05, 4.69) is 9.37 Å². The predicted molar refractivity (Wildman–Crippen MR) is 78.1 cm³/mol. The quantitative estimate of drug-likeness (QED) is 0.677. The predicted octanol–water partition coefficient (Wildman–Crippen LogP) is 2.98. The van der Waals surface area contributed by atoms with E-state index in [0.717, 1.165) is 17.1 Å². The number of nitrogens with zero attached hydrogens (tertiary/aromatic N) is 4. The maximum absolute atomic E-state index is 8.82. The SMILES string of the molecule is N#CN=c1snc(-c2ccccc2)n1-c1ccccc1. The molecule has 3 rings (SSSR count). The largest absolute Gasteiger partial charge is 0.267 e. The van der Waals surface area contributed by atoms with Gasteiger partial charge in [0.2, 0.25) is 11.0 Å². The third-order valence-corrected chi connectivity index (χ3v) is 3.51. The van der Waals surface area contributed by atoms with Crippen LogP contribution < -0.4 is 4.80 Å². The van der Waals surface area contributed by atoms with Crippen molar-refractivity contribution in [2.75, 3.05) is 0 Å². The van der Waals surface area contributed by atoms with Gasteiger partial charge < -0.3 is 0 Å². The maximum Gasteiger partial charge on any atom is 0.224 e. The number of para-hydroxylation sites is 1. The third-order valence-electron chi connectivity index (χ3n) is 2.81. The number of hydrogen-bond acceptors (Lipinski definition) is 4. The molecule has 96 valence electrons. The highest BCUT2D eigenvalue weighted by Crippen LogP contribution is 2.19. The Hall–Kier alpha value is -2.71. The second-order valence-corrected chi connectivity index (χ2v) is 4.77. The minimum Gasteiger partial charge on any atom is -0.267 e. The second kappa shape index (κ2) is 5.51. The van der Waals surface area contributed by atoms with Gasteiger partial charge in [-0.25, -0.2) is 0 Å². The van der Waals surface area contributed by atoms with Crippen molar-refractivity contribution >= 4 is 11.5 Å². The Morgan fingerprint density at radius 2 is 1.65 bits per heavy atom. The van der Waals surface area contributed by atoms with Crippen molar-refractivity contribution < 1.29 is 0 Å². The molecule has 0 saturated heterocycles. The average molecular weight is 278 g/mol. The Kier molecular flexibility index (Phi) is 3.40. The van der Waals surface area contributed by atoms with Crippen molar-refractivity contribution in [2.45, 2.75) is 0 Å². The van der Waals surface area contributed by atoms with Gasteiger partial charge in [-0.1, -0.05) is 48.5 Å². The molecule has 0 atom stereocenters. The van der Waals surface area contributed by atoms with Crippen LogP contribution in [0.1, 0.15) is 0 Å². The molecule has 4 nitrogen and oxygen atoms in total. The van der Waals surface area contributed by atoms with Crippen molar-refractivity contribution in [1.29, 1.82) is 5.26 Å². The van der Waals surface area contributed by atoms with Gasteiger partial charge in [-0.2, -0.15) is 9.64 Å². The summed E-state index contributed by atoms with van der Waals surface area (Å²) in [6.07, 6.45) is 1.83. The van der Waals surface area contributed by atoms with Gasteiger partial charge in [0.05, 0.1) is 5.69 Å². The molecule has 0 aliphatic heterocycles. The zero-order valence-corrected chi connectivity index (χ0v) is 11.3. The average Bonchev–Trinajstić information content (AvgIpc) is 2.93. The Morgan fingerprint density at radius 3 is 2.30 bits per heavy atom. The van der Waals surface area contributed by atoms with Crippen LogP contribution in [0.5, 0.6) is 0 Å². The van der Waals surface area contributed by atoms with Gasteiger partial charge in [-0.05, 0) is 12.1 Å². The van der Waals surface area contributed by atoms with Crippen LogP contribution in [0.2, 0.25) is 0 Å². The number of rotatable bonds is 2. The van der Waals surface area contributed by atoms with Crippen LogP contribution in [0.15, 0.2) is 65.7 Å². The van der Waals surface area contributed by atoms with E-state index in [4.69, 9.17) is 5.26 Å². The van der Waals surface area contributed by atoms with E-state index >= 15 is 0 Å². The monoisotopic (exact) mass is 278 g/mol. The van der Waals surface area contributed by atoms with E-state index < -0.39 is 0 Å². The molecular weight excluding hydrogens is 268 g/mol. The molecule has 20 heavy (non-hydrogen) atoms. The Morgan fingerprint density at radius 1 is 1.00 bits per heavy atom. The van der Waals surface area contributed by atoms with Crippen LogP contribution in [0.3, 0.4) is 0 Å². The smallest absolute Gasteiger partial charge is 0.224 e. The Bertz CT molecular complexity index is 810. The van der Waals surface area contributed by atoms with Gasteiger partial charge in [0.25, 0.3) is 0 Å². The highest BCUT2D eigenvalue weighted by Gasteiger charge is 2.11. The van der Waals surface area contributed by atoms with E-state index in [-0.39, 0.29) is 0 Å². The fourth-order valence-corrected chi connectivity index (χ4v) is 2.66. The van der Waals surface area contributed by atoms with Crippen molar-refractivity contribution in [3.05, 3.63) is 65.5 Å². The molecule has 0 unspecified atom stereocenters. The number of benzene rings is 2. The number of aromatic nitrogens is 2. The molecule has 0 fully saturated rings. The lowest BCUT2D eigenvalue weighted by Gasteiger charge is -2.06. The van der Waals surface area contributed by atoms with Crippen LogP contribution in [0.25, 0.3) is 17.1 Å². The molecule has 1 heterocycles. The van der Waals surface area contributed by atoms with Crippen molar-refractivity contribution in [1.82, 2.24) is 8.94 Å². The van der Waals surface area contributed by atoms with E-state index in [1.54, 1.807) is 0 Å². The van der Waals surface area contributed by atoms with E-state index in [9.17, 15) is 0 Å². The standard InChI is InChI=1S/C15H10N4S/c16-11-17-15-19(13-9-5-2-6-10-13)14(18-20-15)12-7-3-1-4-8-12/h1-10H. The molecule has 0 radical (unpaired) electrons. The van der Waals surface area contributed by atoms with Crippen LogP contribution in [0.4, 0.5) is 0 Å². The normalized spacial score (nSPS) is 11.2. The first kappa shape index (κ1) is 12.3. The molecule has 0 N–H and O–H groups in total. The lowest BCUT2D eigenvalue weighted by Crippen LogP contribution is -2.13. The summed E-state index contributed by atoms with van der Waals surface area (Å²) >= 11 is 1.21. The van der Waals surface area contributed by atoms with Crippen LogP contribution in [-0.4, -0.2) is 8.94 Å². The molecule has 0 bridgehead atoms. The Labute approximate surface area is 120 Å². The van der Waals surface area contributed by atoms with Gasteiger partial charge in [-0.3, -0.25) is 4.57 Å². The van der Waals surface area contributed by atoms with Crippen molar-refractivity contribution in [2.24, 2.45) is 4.99 Å². The van der Waals surface area contributed by atoms with Crippen molar-refractivity contribution in [3.8, 4) is 23.3 Å². The molecule has 0 amide bonds. The Balaban J connectivity index is 2.29. The van der Waals surface area contributed by atoms with Gasteiger partial charge in [-0.15, -0.1) is 4.99 Å². The molecule has 5 heteroatoms. The summed E-state index contributed by atoms with van der Waals surface area (Å²) in [5, 5.41) is 8.82. The highest BCUT2D eigenvalue weighted by atomic mass is 32.1. The lowest BCUT2D eigenvalue weighted by molar-refractivity contribution is 0.997. The summed E-state index contributed by atoms with van der Waals surface area (Å²) in [5.41, 5.74) is 1.93. The van der Waals surface area contributed by atoms with E-state index in [1.165, 1.54) is 11.5 Å². The first-order valence-electron chi connectivity index (χ1n) is 6.02. The van der Waals surface area contributed by atoms with Crippen LogP contribution in [-0.2, 0) is 0 Å². The fourth-order valence-electron chi connectivity index (χ4n) is 1.95. The highest BCUT2D eigenvalue weighted by molar-refractivity contribution is 7.03. The molecule has 0 saturated carbocycles. The minimum absolute atomic E-state index is 0.567. The topological polar surface area (TPSA) is 54.0 Å². The van der Waals surface area contributed by atoms with Crippen LogP contribution in [0, 0.1) is 11.5 Å². The third kappa shape index (κ3) is 2.25. The number of nitriles is 1. The first-order valence-corrected chi connectivity index (χ1v) is 6.80. The fraction of sp³-hybridized carbons (Fsp3) is 0. The van der Waals surface area contributed by atoms with Crippen molar-refractivity contribution in [3.63, 3.8) is 0 Å². The van der Waals surface area contributed by atoms with Crippen LogP contribution >= 0.6 is 11.5 Å². The number of hydrogen-bond donors (Lipinski definition) is 0. The summed E-state index contributed by atoms with van der Waals surface area (Å²) in [6.45, 7) is 0. The molecule has 1 aromatic heterocycles. The molecule has 0 aliphatic rings. The summed E-state index contributed by atoms with van der Waals surface area (Å²) in [7, 11) is 0.